The standard InChI is InChI=1S/C13H15FN4O2S/c1-8(2)15-6-5-12-16-17-13(21-12)10-4-3-9(14)7-11(10)18(19)20/h3-4,7-8,15H,5-6H2,1-2H3. The number of hydrogen-bond donors (Lipinski definition) is 1. The van der Waals surface area contributed by atoms with E-state index < -0.39 is 10.7 Å². The number of nitrogens with one attached hydrogen (secondary N) is 1. The topological polar surface area (TPSA) is 81.0 Å². The highest BCUT2D eigenvalue weighted by Crippen LogP contribution is 2.32. The SMILES string of the molecule is CC(C)NCCc1nnc(-c2ccc(F)cc2[N+](=O)[O-])s1. The van der Waals surface area contributed by atoms with Gasteiger partial charge in [-0.1, -0.05) is 25.2 Å². The number of nitrogens with zero attached hydrogens (tertiary/aromatic N) is 3. The molecule has 21 heavy (non-hydrogen) atoms. The number of rotatable bonds is 6. The van der Waals surface area contributed by atoms with Gasteiger partial charge in [0.25, 0.3) is 5.69 Å². The first-order valence-electron chi connectivity index (χ1n) is 6.47. The summed E-state index contributed by atoms with van der Waals surface area (Å²) in [5.41, 5.74) is -0.0000239. The molecule has 0 unspecified atom stereocenters. The number of aromatic nitrogens is 2. The second-order valence-electron chi connectivity index (χ2n) is 4.78. The average Bonchev–Trinajstić information content (AvgIpc) is 2.86. The van der Waals surface area contributed by atoms with Crippen LogP contribution in [0.25, 0.3) is 10.6 Å². The zero-order chi connectivity index (χ0) is 15.4. The Bertz CT molecular complexity index is 645. The first-order chi connectivity index (χ1) is 9.97. The summed E-state index contributed by atoms with van der Waals surface area (Å²) >= 11 is 1.29. The highest BCUT2D eigenvalue weighted by molar-refractivity contribution is 7.14. The van der Waals surface area contributed by atoms with Crippen molar-refractivity contribution in [3.63, 3.8) is 0 Å². The molecule has 0 saturated carbocycles. The number of benzene rings is 1. The van der Waals surface area contributed by atoms with E-state index in [0.29, 0.717) is 23.0 Å². The molecule has 2 rings (SSSR count). The molecule has 1 heterocycles. The second kappa shape index (κ2) is 6.68. The molecule has 0 saturated heterocycles. The third kappa shape index (κ3) is 4.02. The lowest BCUT2D eigenvalue weighted by atomic mass is 10.2. The predicted molar refractivity (Wildman–Crippen MR) is 78.8 cm³/mol. The highest BCUT2D eigenvalue weighted by Gasteiger charge is 2.19. The largest absolute Gasteiger partial charge is 0.314 e. The molecule has 6 nitrogen and oxygen atoms in total. The molecule has 0 bridgehead atoms. The van der Waals surface area contributed by atoms with Gasteiger partial charge in [0.1, 0.15) is 10.8 Å². The summed E-state index contributed by atoms with van der Waals surface area (Å²) in [7, 11) is 0. The summed E-state index contributed by atoms with van der Waals surface area (Å²) in [4.78, 5) is 10.4. The molecule has 0 atom stereocenters. The van der Waals surface area contributed by atoms with Crippen LogP contribution < -0.4 is 5.32 Å². The lowest BCUT2D eigenvalue weighted by molar-refractivity contribution is -0.384. The van der Waals surface area contributed by atoms with E-state index in [-0.39, 0.29) is 5.69 Å². The Morgan fingerprint density at radius 2 is 2.19 bits per heavy atom. The first-order valence-corrected chi connectivity index (χ1v) is 7.29. The molecule has 2 aromatic rings. The zero-order valence-electron chi connectivity index (χ0n) is 11.7. The van der Waals surface area contributed by atoms with Crippen molar-refractivity contribution in [1.29, 1.82) is 0 Å². The maximum Gasteiger partial charge on any atom is 0.282 e. The van der Waals surface area contributed by atoms with Crippen LogP contribution in [-0.4, -0.2) is 27.7 Å². The molecule has 0 aliphatic carbocycles. The van der Waals surface area contributed by atoms with Gasteiger partial charge < -0.3 is 5.32 Å². The van der Waals surface area contributed by atoms with Gasteiger partial charge in [-0.2, -0.15) is 0 Å². The van der Waals surface area contributed by atoms with E-state index in [1.54, 1.807) is 0 Å². The summed E-state index contributed by atoms with van der Waals surface area (Å²) in [6, 6.07) is 3.83. The Labute approximate surface area is 125 Å². The van der Waals surface area contributed by atoms with Gasteiger partial charge in [-0.15, -0.1) is 10.2 Å². The Hall–Kier alpha value is -1.93. The van der Waals surface area contributed by atoms with Crippen LogP contribution in [0.1, 0.15) is 18.9 Å². The van der Waals surface area contributed by atoms with E-state index in [1.807, 2.05) is 13.8 Å². The fourth-order valence-corrected chi connectivity index (χ4v) is 2.64. The van der Waals surface area contributed by atoms with Crippen LogP contribution in [0.4, 0.5) is 10.1 Å². The monoisotopic (exact) mass is 310 g/mol. The van der Waals surface area contributed by atoms with Gasteiger partial charge in [0.15, 0.2) is 5.01 Å². The molecule has 0 fully saturated rings. The van der Waals surface area contributed by atoms with Gasteiger partial charge in [0.05, 0.1) is 16.6 Å². The smallest absolute Gasteiger partial charge is 0.282 e. The normalized spacial score (nSPS) is 11.0. The number of nitro benzene ring substituents is 1. The van der Waals surface area contributed by atoms with Crippen molar-refractivity contribution in [3.8, 4) is 10.6 Å². The Morgan fingerprint density at radius 3 is 2.86 bits per heavy atom. The number of halogens is 1. The van der Waals surface area contributed by atoms with E-state index >= 15 is 0 Å². The molecule has 1 aromatic heterocycles. The fraction of sp³-hybridized carbons (Fsp3) is 0.385. The van der Waals surface area contributed by atoms with Gasteiger partial charge in [0.2, 0.25) is 0 Å². The lowest BCUT2D eigenvalue weighted by Gasteiger charge is -2.05. The van der Waals surface area contributed by atoms with Crippen LogP contribution in [0.3, 0.4) is 0 Å². The molecule has 0 aliphatic rings. The maximum atomic E-state index is 13.1. The van der Waals surface area contributed by atoms with E-state index in [2.05, 4.69) is 15.5 Å². The van der Waals surface area contributed by atoms with Crippen molar-refractivity contribution in [2.45, 2.75) is 26.3 Å². The van der Waals surface area contributed by atoms with E-state index in [4.69, 9.17) is 0 Å². The minimum atomic E-state index is -0.642. The average molecular weight is 310 g/mol. The summed E-state index contributed by atoms with van der Waals surface area (Å²) < 4.78 is 13.1. The molecule has 0 spiro atoms. The van der Waals surface area contributed by atoms with Gasteiger partial charge in [-0.3, -0.25) is 10.1 Å². The third-order valence-corrected chi connectivity index (χ3v) is 3.76. The lowest BCUT2D eigenvalue weighted by Crippen LogP contribution is -2.24. The fourth-order valence-electron chi connectivity index (χ4n) is 1.77. The second-order valence-corrected chi connectivity index (χ2v) is 5.84. The Morgan fingerprint density at radius 1 is 1.43 bits per heavy atom. The van der Waals surface area contributed by atoms with Crippen LogP contribution in [0.2, 0.25) is 0 Å². The maximum absolute atomic E-state index is 13.1. The van der Waals surface area contributed by atoms with Crippen molar-refractivity contribution < 1.29 is 9.31 Å². The molecule has 112 valence electrons. The van der Waals surface area contributed by atoms with Crippen molar-refractivity contribution in [3.05, 3.63) is 39.1 Å². The molecule has 1 aromatic carbocycles. The molecule has 0 amide bonds. The Kier molecular flexibility index (Phi) is 4.92. The minimum absolute atomic E-state index is 0.293. The quantitative estimate of drug-likeness (QED) is 0.655. The first kappa shape index (κ1) is 15.5. The number of hydrogen-bond acceptors (Lipinski definition) is 6. The minimum Gasteiger partial charge on any atom is -0.314 e. The van der Waals surface area contributed by atoms with Crippen LogP contribution in [-0.2, 0) is 6.42 Å². The Balaban J connectivity index is 2.19. The van der Waals surface area contributed by atoms with Crippen LogP contribution in [0.5, 0.6) is 0 Å². The summed E-state index contributed by atoms with van der Waals surface area (Å²) in [6.07, 6.45) is 0.699. The molecular formula is C13H15FN4O2S. The van der Waals surface area contributed by atoms with Crippen molar-refractivity contribution in [2.24, 2.45) is 0 Å². The van der Waals surface area contributed by atoms with Crippen LogP contribution >= 0.6 is 11.3 Å². The molecule has 8 heteroatoms. The highest BCUT2D eigenvalue weighted by atomic mass is 32.1. The molecule has 0 aliphatic heterocycles. The predicted octanol–water partition coefficient (Wildman–Crippen LogP) is 2.79. The van der Waals surface area contributed by atoms with Gasteiger partial charge in [0, 0.05) is 19.0 Å². The molecule has 1 N–H and O–H groups in total. The summed E-state index contributed by atoms with van der Waals surface area (Å²) in [6.45, 7) is 4.86. The summed E-state index contributed by atoms with van der Waals surface area (Å²) in [5.74, 6) is -0.642. The number of nitro groups is 1. The molecule has 0 radical (unpaired) electrons. The van der Waals surface area contributed by atoms with Gasteiger partial charge in [-0.05, 0) is 12.1 Å². The van der Waals surface area contributed by atoms with E-state index in [0.717, 1.165) is 17.6 Å². The van der Waals surface area contributed by atoms with Crippen LogP contribution in [0, 0.1) is 15.9 Å². The van der Waals surface area contributed by atoms with Crippen LogP contribution in [0.15, 0.2) is 18.2 Å². The zero-order valence-corrected chi connectivity index (χ0v) is 12.5. The van der Waals surface area contributed by atoms with Crippen molar-refractivity contribution in [2.75, 3.05) is 6.54 Å². The van der Waals surface area contributed by atoms with Gasteiger partial charge >= 0.3 is 0 Å². The molecular weight excluding hydrogens is 295 g/mol. The summed E-state index contributed by atoms with van der Waals surface area (Å²) in [5, 5.41) is 23.5. The van der Waals surface area contributed by atoms with Gasteiger partial charge in [-0.25, -0.2) is 4.39 Å². The third-order valence-electron chi connectivity index (χ3n) is 2.75. The van der Waals surface area contributed by atoms with E-state index in [1.165, 1.54) is 23.5 Å². The van der Waals surface area contributed by atoms with Crippen molar-refractivity contribution >= 4 is 17.0 Å². The van der Waals surface area contributed by atoms with E-state index in [9.17, 15) is 14.5 Å². The van der Waals surface area contributed by atoms with Crippen molar-refractivity contribution in [1.82, 2.24) is 15.5 Å².